The van der Waals surface area contributed by atoms with Crippen molar-refractivity contribution in [2.24, 2.45) is 0 Å². The number of H-pyrrole nitrogens is 1. The molecule has 1 unspecified atom stereocenters. The molecule has 29 heavy (non-hydrogen) atoms. The molecular formula is C22H26N6O. The fourth-order valence-corrected chi connectivity index (χ4v) is 3.58. The molecule has 1 aliphatic rings. The van der Waals surface area contributed by atoms with Gasteiger partial charge in [0.05, 0.1) is 5.69 Å². The van der Waals surface area contributed by atoms with E-state index in [9.17, 15) is 4.79 Å². The van der Waals surface area contributed by atoms with Crippen molar-refractivity contribution in [3.8, 4) is 11.3 Å². The van der Waals surface area contributed by atoms with Crippen LogP contribution in [0.4, 0.5) is 22.0 Å². The summed E-state index contributed by atoms with van der Waals surface area (Å²) in [6.07, 6.45) is 1.17. The molecule has 1 saturated heterocycles. The van der Waals surface area contributed by atoms with Crippen LogP contribution in [-0.4, -0.2) is 54.4 Å². The molecule has 2 amide bonds. The molecule has 7 nitrogen and oxygen atoms in total. The van der Waals surface area contributed by atoms with Crippen molar-refractivity contribution in [1.82, 2.24) is 15.1 Å². The van der Waals surface area contributed by atoms with Crippen molar-refractivity contribution in [3.05, 3.63) is 60.7 Å². The minimum atomic E-state index is -0.322. The van der Waals surface area contributed by atoms with Crippen molar-refractivity contribution in [1.29, 1.82) is 0 Å². The highest BCUT2D eigenvalue weighted by atomic mass is 16.2. The van der Waals surface area contributed by atoms with E-state index in [-0.39, 0.29) is 6.03 Å². The number of nitrogens with zero attached hydrogens (tertiary/aromatic N) is 3. The molecule has 3 aromatic rings. The number of amides is 2. The summed E-state index contributed by atoms with van der Waals surface area (Å²) in [4.78, 5) is 16.9. The van der Waals surface area contributed by atoms with Crippen molar-refractivity contribution in [2.75, 3.05) is 42.7 Å². The number of carbonyl (C=O) groups is 1. The Morgan fingerprint density at radius 3 is 2.55 bits per heavy atom. The van der Waals surface area contributed by atoms with Crippen LogP contribution in [0, 0.1) is 0 Å². The first-order valence-corrected chi connectivity index (χ1v) is 9.79. The largest absolute Gasteiger partial charge is 0.370 e. The average molecular weight is 390 g/mol. The van der Waals surface area contributed by atoms with Crippen molar-refractivity contribution < 1.29 is 4.79 Å². The van der Waals surface area contributed by atoms with Gasteiger partial charge in [-0.1, -0.05) is 30.3 Å². The van der Waals surface area contributed by atoms with Crippen LogP contribution in [0.25, 0.3) is 11.3 Å². The molecule has 0 bridgehead atoms. The van der Waals surface area contributed by atoms with Crippen molar-refractivity contribution in [2.45, 2.75) is 12.5 Å². The van der Waals surface area contributed by atoms with Crippen LogP contribution in [0.2, 0.25) is 0 Å². The second-order valence-electron chi connectivity index (χ2n) is 7.51. The number of benzene rings is 2. The van der Waals surface area contributed by atoms with Gasteiger partial charge in [0, 0.05) is 36.6 Å². The summed E-state index contributed by atoms with van der Waals surface area (Å²) in [5.41, 5.74) is 3.79. The minimum absolute atomic E-state index is 0.322. The van der Waals surface area contributed by atoms with Gasteiger partial charge < -0.3 is 15.1 Å². The maximum Gasteiger partial charge on any atom is 0.324 e. The van der Waals surface area contributed by atoms with E-state index >= 15 is 0 Å². The number of carbonyl (C=O) groups excluding carboxylic acids is 1. The lowest BCUT2D eigenvalue weighted by Gasteiger charge is -2.22. The molecule has 0 aliphatic carbocycles. The van der Waals surface area contributed by atoms with Gasteiger partial charge in [-0.05, 0) is 50.3 Å². The summed E-state index contributed by atoms with van der Waals surface area (Å²) >= 11 is 0. The molecular weight excluding hydrogens is 364 g/mol. The number of aromatic nitrogens is 2. The van der Waals surface area contributed by atoms with Crippen LogP contribution in [-0.2, 0) is 0 Å². The monoisotopic (exact) mass is 390 g/mol. The molecule has 0 spiro atoms. The van der Waals surface area contributed by atoms with Crippen LogP contribution in [0.1, 0.15) is 6.42 Å². The Bertz CT molecular complexity index is 951. The average Bonchev–Trinajstić information content (AvgIpc) is 3.39. The van der Waals surface area contributed by atoms with E-state index in [1.54, 1.807) is 0 Å². The molecule has 1 aliphatic heterocycles. The topological polar surface area (TPSA) is 76.3 Å². The maximum absolute atomic E-state index is 12.3. The van der Waals surface area contributed by atoms with Crippen molar-refractivity contribution in [3.63, 3.8) is 0 Å². The zero-order chi connectivity index (χ0) is 20.2. The lowest BCUT2D eigenvalue weighted by molar-refractivity contribution is 0.262. The normalized spacial score (nSPS) is 16.2. The first-order valence-electron chi connectivity index (χ1n) is 9.79. The fraction of sp³-hybridized carbons (Fsp3) is 0.273. The standard InChI is InChI=1S/C22H26N6O/c1-27(2)19-12-13-28(15-19)18-10-8-17(9-11-18)23-22(29)24-21-14-20(25-26-21)16-6-4-3-5-7-16/h3-11,14,19H,12-13,15H2,1-2H3,(H3,23,24,25,26,29). The number of rotatable bonds is 5. The third-order valence-electron chi connectivity index (χ3n) is 5.29. The summed E-state index contributed by atoms with van der Waals surface area (Å²) in [6, 6.07) is 19.9. The highest BCUT2D eigenvalue weighted by Gasteiger charge is 2.23. The highest BCUT2D eigenvalue weighted by Crippen LogP contribution is 2.24. The Hall–Kier alpha value is -3.32. The molecule has 0 radical (unpaired) electrons. The Balaban J connectivity index is 1.33. The second kappa shape index (κ2) is 8.36. The molecule has 2 aromatic carbocycles. The Morgan fingerprint density at radius 2 is 1.86 bits per heavy atom. The number of urea groups is 1. The Labute approximate surface area is 170 Å². The lowest BCUT2D eigenvalue weighted by Crippen LogP contribution is -2.31. The zero-order valence-corrected chi connectivity index (χ0v) is 16.7. The van der Waals surface area contributed by atoms with Crippen LogP contribution >= 0.6 is 0 Å². The molecule has 3 N–H and O–H groups in total. The zero-order valence-electron chi connectivity index (χ0n) is 16.7. The molecule has 0 saturated carbocycles. The van der Waals surface area contributed by atoms with Gasteiger partial charge in [-0.25, -0.2) is 4.79 Å². The fourth-order valence-electron chi connectivity index (χ4n) is 3.58. The Morgan fingerprint density at radius 1 is 1.10 bits per heavy atom. The highest BCUT2D eigenvalue weighted by molar-refractivity contribution is 5.99. The number of hydrogen-bond acceptors (Lipinski definition) is 4. The molecule has 1 fully saturated rings. The molecule has 150 valence electrons. The van der Waals surface area contributed by atoms with E-state index < -0.39 is 0 Å². The van der Waals surface area contributed by atoms with Gasteiger partial charge in [-0.3, -0.25) is 10.4 Å². The Kier molecular flexibility index (Phi) is 5.48. The van der Waals surface area contributed by atoms with Crippen molar-refractivity contribution >= 4 is 23.2 Å². The second-order valence-corrected chi connectivity index (χ2v) is 7.51. The van der Waals surface area contributed by atoms with Gasteiger partial charge in [-0.2, -0.15) is 5.10 Å². The smallest absolute Gasteiger partial charge is 0.324 e. The van der Waals surface area contributed by atoms with E-state index in [2.05, 4.69) is 56.9 Å². The third kappa shape index (κ3) is 4.57. The molecule has 1 aromatic heterocycles. The van der Waals surface area contributed by atoms with Crippen LogP contribution in [0.3, 0.4) is 0 Å². The van der Waals surface area contributed by atoms with E-state index in [0.29, 0.717) is 11.9 Å². The lowest BCUT2D eigenvalue weighted by atomic mass is 10.2. The van der Waals surface area contributed by atoms with Crippen LogP contribution < -0.4 is 15.5 Å². The number of hydrogen-bond donors (Lipinski definition) is 3. The van der Waals surface area contributed by atoms with Crippen LogP contribution in [0.5, 0.6) is 0 Å². The maximum atomic E-state index is 12.3. The van der Waals surface area contributed by atoms with E-state index in [4.69, 9.17) is 0 Å². The van der Waals surface area contributed by atoms with E-state index in [1.165, 1.54) is 12.1 Å². The summed E-state index contributed by atoms with van der Waals surface area (Å²) in [5, 5.41) is 12.7. The third-order valence-corrected chi connectivity index (χ3v) is 5.29. The minimum Gasteiger partial charge on any atom is -0.370 e. The van der Waals surface area contributed by atoms with Gasteiger partial charge in [0.1, 0.15) is 0 Å². The first-order chi connectivity index (χ1) is 14.1. The summed E-state index contributed by atoms with van der Waals surface area (Å²) in [7, 11) is 4.25. The van der Waals surface area contributed by atoms with E-state index in [0.717, 1.165) is 30.0 Å². The van der Waals surface area contributed by atoms with Gasteiger partial charge in [0.25, 0.3) is 0 Å². The predicted molar refractivity (Wildman–Crippen MR) is 117 cm³/mol. The molecule has 4 rings (SSSR count). The van der Waals surface area contributed by atoms with E-state index in [1.807, 2.05) is 48.5 Å². The van der Waals surface area contributed by atoms with Gasteiger partial charge in [-0.15, -0.1) is 0 Å². The summed E-state index contributed by atoms with van der Waals surface area (Å²) < 4.78 is 0. The molecule has 1 atom stereocenters. The predicted octanol–water partition coefficient (Wildman–Crippen LogP) is 3.86. The number of likely N-dealkylation sites (N-methyl/N-ethyl adjacent to an activating group) is 1. The molecule has 2 heterocycles. The van der Waals surface area contributed by atoms with Gasteiger partial charge in [0.15, 0.2) is 5.82 Å². The number of aromatic amines is 1. The first kappa shape index (κ1) is 19.0. The number of nitrogens with one attached hydrogen (secondary N) is 3. The summed E-state index contributed by atoms with van der Waals surface area (Å²) in [6.45, 7) is 2.09. The summed E-state index contributed by atoms with van der Waals surface area (Å²) in [5.74, 6) is 0.477. The van der Waals surface area contributed by atoms with Crippen LogP contribution in [0.15, 0.2) is 60.7 Å². The van der Waals surface area contributed by atoms with Gasteiger partial charge in [0.2, 0.25) is 0 Å². The van der Waals surface area contributed by atoms with Gasteiger partial charge >= 0.3 is 6.03 Å². The SMILES string of the molecule is CN(C)C1CCN(c2ccc(NC(=O)Nc3cc(-c4ccccc4)[nH]n3)cc2)C1. The molecule has 7 heteroatoms. The number of anilines is 3. The quantitative estimate of drug-likeness (QED) is 0.618.